The number of halogens is 6. The largest absolute Gasteiger partial charge is 0.423 e. The molecule has 1 fully saturated rings. The Morgan fingerprint density at radius 2 is 1.48 bits per heavy atom. The Bertz CT molecular complexity index is 822. The Labute approximate surface area is 149 Å². The maximum absolute atomic E-state index is 13.2. The first-order chi connectivity index (χ1) is 12.4. The Morgan fingerprint density at radius 3 is 1.85 bits per heavy atom. The summed E-state index contributed by atoms with van der Waals surface area (Å²) in [5, 5.41) is 17.7. The van der Waals surface area contributed by atoms with E-state index in [0.717, 1.165) is 5.56 Å². The molecule has 2 rings (SSSR count). The maximum Gasteiger partial charge on any atom is 0.409 e. The molecule has 0 heterocycles. The second-order valence-electron chi connectivity index (χ2n) is 5.91. The van der Waals surface area contributed by atoms with Gasteiger partial charge in [-0.25, -0.2) is 4.79 Å². The summed E-state index contributed by atoms with van der Waals surface area (Å²) in [7, 11) is 0. The summed E-state index contributed by atoms with van der Waals surface area (Å²) in [5.41, 5.74) is -7.15. The summed E-state index contributed by atoms with van der Waals surface area (Å²) in [6.07, 6.45) is -10.7. The van der Waals surface area contributed by atoms with E-state index < -0.39 is 35.1 Å². The predicted octanol–water partition coefficient (Wildman–Crippen LogP) is 4.23. The highest BCUT2D eigenvalue weighted by molar-refractivity contribution is 5.84. The zero-order chi connectivity index (χ0) is 20.7. The molecule has 27 heavy (non-hydrogen) atoms. The van der Waals surface area contributed by atoms with Crippen LogP contribution in [0.2, 0.25) is 0 Å². The molecule has 10 heteroatoms. The molecule has 3 atom stereocenters. The van der Waals surface area contributed by atoms with Gasteiger partial charge < -0.3 is 4.74 Å². The zero-order valence-electron chi connectivity index (χ0n) is 13.5. The summed E-state index contributed by atoms with van der Waals surface area (Å²) >= 11 is 0. The van der Waals surface area contributed by atoms with Crippen LogP contribution in [0.4, 0.5) is 26.3 Å². The third kappa shape index (κ3) is 2.91. The molecule has 1 aliphatic rings. The molecule has 0 spiro atoms. The number of hydrogen-bond acceptors (Lipinski definition) is 4. The second kappa shape index (κ2) is 6.31. The Kier molecular flexibility index (Phi) is 4.74. The van der Waals surface area contributed by atoms with Gasteiger partial charge in [0.2, 0.25) is 0 Å². The first-order valence-corrected chi connectivity index (χ1v) is 7.30. The minimum absolute atomic E-state index is 0.0239. The zero-order valence-corrected chi connectivity index (χ0v) is 13.5. The molecule has 1 saturated carbocycles. The monoisotopic (exact) mass is 388 g/mol. The number of benzene rings is 1. The van der Waals surface area contributed by atoms with Crippen LogP contribution in [0.25, 0.3) is 0 Å². The van der Waals surface area contributed by atoms with E-state index >= 15 is 0 Å². The highest BCUT2D eigenvalue weighted by Gasteiger charge is 2.96. The molecule has 0 radical (unpaired) electrons. The molecule has 0 bridgehead atoms. The van der Waals surface area contributed by atoms with Gasteiger partial charge in [-0.3, -0.25) is 0 Å². The summed E-state index contributed by atoms with van der Waals surface area (Å²) in [4.78, 5) is 11.7. The predicted molar refractivity (Wildman–Crippen MR) is 77.6 cm³/mol. The Hall–Kier alpha value is -3.01. The lowest BCUT2D eigenvalue weighted by Crippen LogP contribution is -2.37. The summed E-state index contributed by atoms with van der Waals surface area (Å²) in [6, 6.07) is 7.10. The third-order valence-electron chi connectivity index (χ3n) is 4.38. The van der Waals surface area contributed by atoms with Crippen LogP contribution in [0.1, 0.15) is 5.56 Å². The van der Waals surface area contributed by atoms with Crippen LogP contribution in [0, 0.1) is 46.3 Å². The average Bonchev–Trinajstić information content (AvgIpc) is 3.19. The number of nitriles is 2. The number of allylic oxidation sites excluding steroid dienone is 1. The van der Waals surface area contributed by atoms with E-state index in [1.807, 2.05) is 0 Å². The van der Waals surface area contributed by atoms with Crippen molar-refractivity contribution in [2.45, 2.75) is 19.3 Å². The van der Waals surface area contributed by atoms with Crippen LogP contribution in [0.3, 0.4) is 0 Å². The Morgan fingerprint density at radius 1 is 1.04 bits per heavy atom. The van der Waals surface area contributed by atoms with Crippen molar-refractivity contribution in [1.82, 2.24) is 0 Å². The van der Waals surface area contributed by atoms with Gasteiger partial charge in [-0.05, 0) is 19.1 Å². The minimum atomic E-state index is -5.64. The highest BCUT2D eigenvalue weighted by Crippen LogP contribution is 2.80. The van der Waals surface area contributed by atoms with Crippen LogP contribution in [0.5, 0.6) is 5.75 Å². The highest BCUT2D eigenvalue weighted by atomic mass is 19.4. The maximum atomic E-state index is 13.2. The fourth-order valence-electron chi connectivity index (χ4n) is 2.97. The topological polar surface area (TPSA) is 73.9 Å². The summed E-state index contributed by atoms with van der Waals surface area (Å²) < 4.78 is 84.2. The average molecular weight is 388 g/mol. The van der Waals surface area contributed by atoms with Crippen molar-refractivity contribution in [1.29, 1.82) is 10.5 Å². The minimum Gasteiger partial charge on any atom is -0.423 e. The molecule has 0 aliphatic heterocycles. The van der Waals surface area contributed by atoms with Gasteiger partial charge in [0, 0.05) is 12.0 Å². The third-order valence-corrected chi connectivity index (χ3v) is 4.38. The number of alkyl halides is 6. The number of hydrogen-bond donors (Lipinski definition) is 0. The van der Waals surface area contributed by atoms with E-state index in [1.54, 1.807) is 19.1 Å². The molecule has 0 N–H and O–H groups in total. The fourth-order valence-corrected chi connectivity index (χ4v) is 2.97. The van der Waals surface area contributed by atoms with Gasteiger partial charge in [0.05, 0.1) is 12.1 Å². The summed E-state index contributed by atoms with van der Waals surface area (Å²) in [5.74, 6) is -3.81. The molecule has 1 unspecified atom stereocenters. The van der Waals surface area contributed by atoms with Crippen molar-refractivity contribution in [2.75, 3.05) is 0 Å². The van der Waals surface area contributed by atoms with Crippen LogP contribution in [-0.4, -0.2) is 18.3 Å². The molecular formula is C17H10F6N2O2. The lowest BCUT2D eigenvalue weighted by molar-refractivity contribution is -0.226. The van der Waals surface area contributed by atoms with E-state index in [1.165, 1.54) is 12.1 Å². The number of aryl methyl sites for hydroxylation is 1. The van der Waals surface area contributed by atoms with Gasteiger partial charge in [-0.2, -0.15) is 36.9 Å². The Balaban J connectivity index is 2.34. The van der Waals surface area contributed by atoms with Crippen LogP contribution >= 0.6 is 0 Å². The number of carbonyl (C=O) groups is 1. The molecule has 1 aromatic rings. The van der Waals surface area contributed by atoms with E-state index in [-0.39, 0.29) is 11.8 Å². The standard InChI is InChI=1S/C17H10F6N2O2/c1-10-2-4-11(5-3-10)27-13(26)7-6-12-14(8-24,16(18,19)20)15(12,9-25)17(21,22)23/h2-7,12H,1H3/b7-6-/t12?,14-,15+. The number of carbonyl (C=O) groups excluding carboxylic acids is 1. The van der Waals surface area contributed by atoms with E-state index in [4.69, 9.17) is 15.3 Å². The van der Waals surface area contributed by atoms with Crippen molar-refractivity contribution in [3.63, 3.8) is 0 Å². The lowest BCUT2D eigenvalue weighted by Gasteiger charge is -2.19. The van der Waals surface area contributed by atoms with Crippen LogP contribution in [-0.2, 0) is 4.79 Å². The van der Waals surface area contributed by atoms with E-state index in [9.17, 15) is 31.1 Å². The number of rotatable bonds is 3. The van der Waals surface area contributed by atoms with Gasteiger partial charge in [-0.1, -0.05) is 23.8 Å². The molecule has 1 aliphatic carbocycles. The molecule has 0 aromatic heterocycles. The van der Waals surface area contributed by atoms with Crippen LogP contribution in [0.15, 0.2) is 36.4 Å². The quantitative estimate of drug-likeness (QED) is 0.336. The van der Waals surface area contributed by atoms with E-state index in [0.29, 0.717) is 18.2 Å². The number of nitrogens with zero attached hydrogens (tertiary/aromatic N) is 2. The van der Waals surface area contributed by atoms with Crippen molar-refractivity contribution < 1.29 is 35.9 Å². The molecular weight excluding hydrogens is 378 g/mol. The van der Waals surface area contributed by atoms with Crippen molar-refractivity contribution in [2.24, 2.45) is 16.7 Å². The first kappa shape index (κ1) is 20.3. The first-order valence-electron chi connectivity index (χ1n) is 7.30. The lowest BCUT2D eigenvalue weighted by atomic mass is 9.94. The van der Waals surface area contributed by atoms with Gasteiger partial charge in [-0.15, -0.1) is 0 Å². The van der Waals surface area contributed by atoms with Crippen LogP contribution < -0.4 is 4.74 Å². The van der Waals surface area contributed by atoms with Gasteiger partial charge in [0.25, 0.3) is 0 Å². The van der Waals surface area contributed by atoms with Crippen molar-refractivity contribution in [3.8, 4) is 17.9 Å². The molecule has 142 valence electrons. The van der Waals surface area contributed by atoms with Gasteiger partial charge in [0.15, 0.2) is 10.8 Å². The molecule has 0 amide bonds. The van der Waals surface area contributed by atoms with Crippen molar-refractivity contribution in [3.05, 3.63) is 42.0 Å². The molecule has 4 nitrogen and oxygen atoms in total. The van der Waals surface area contributed by atoms with E-state index in [2.05, 4.69) is 0 Å². The van der Waals surface area contributed by atoms with Gasteiger partial charge >= 0.3 is 18.3 Å². The van der Waals surface area contributed by atoms with Gasteiger partial charge in [0.1, 0.15) is 5.75 Å². The summed E-state index contributed by atoms with van der Waals surface area (Å²) in [6.45, 7) is 1.75. The molecule has 1 aromatic carbocycles. The fraction of sp³-hybridized carbons (Fsp3) is 0.353. The SMILES string of the molecule is Cc1ccc(OC(=O)/C=C\C2[C@@](C#N)(C(F)(F)F)[C@@]2(C#N)C(F)(F)F)cc1. The second-order valence-corrected chi connectivity index (χ2v) is 5.91. The smallest absolute Gasteiger partial charge is 0.409 e. The van der Waals surface area contributed by atoms with Crippen molar-refractivity contribution >= 4 is 5.97 Å². The number of esters is 1. The normalized spacial score (nSPS) is 27.7. The molecule has 0 saturated heterocycles. The number of ether oxygens (including phenoxy) is 1.